The molecule has 0 saturated heterocycles. The van der Waals surface area contributed by atoms with Crippen LogP contribution in [0, 0.1) is 0 Å². The Morgan fingerprint density at radius 3 is 2.36 bits per heavy atom. The predicted molar refractivity (Wildman–Crippen MR) is 47.4 cm³/mol. The number of nitrogens with two attached hydrogens (primary N) is 1. The fourth-order valence-corrected chi connectivity index (χ4v) is 1.11. The lowest BCUT2D eigenvalue weighted by atomic mass is 10.1. The Bertz CT molecular complexity index is 94.1. The number of aliphatic hydroxyl groups excluding tert-OH is 1. The van der Waals surface area contributed by atoms with Crippen molar-refractivity contribution in [3.8, 4) is 0 Å². The highest BCUT2D eigenvalue weighted by molar-refractivity contribution is 4.72. The summed E-state index contributed by atoms with van der Waals surface area (Å²) in [5, 5.41) is 8.86. The van der Waals surface area contributed by atoms with Crippen LogP contribution in [0.15, 0.2) is 0 Å². The van der Waals surface area contributed by atoms with E-state index in [1.807, 2.05) is 14.0 Å². The van der Waals surface area contributed by atoms with Gasteiger partial charge in [0.1, 0.15) is 0 Å². The zero-order valence-electron chi connectivity index (χ0n) is 7.75. The van der Waals surface area contributed by atoms with Crippen LogP contribution in [0.5, 0.6) is 0 Å². The highest BCUT2D eigenvalue weighted by Crippen LogP contribution is 2.04. The highest BCUT2D eigenvalue weighted by Gasteiger charge is 2.15. The van der Waals surface area contributed by atoms with Gasteiger partial charge in [-0.05, 0) is 20.4 Å². The van der Waals surface area contributed by atoms with Crippen LogP contribution in [0.4, 0.5) is 0 Å². The van der Waals surface area contributed by atoms with E-state index in [0.717, 1.165) is 6.42 Å². The summed E-state index contributed by atoms with van der Waals surface area (Å²) in [5.41, 5.74) is 5.55. The molecule has 0 aromatic carbocycles. The van der Waals surface area contributed by atoms with Crippen molar-refractivity contribution in [2.45, 2.75) is 32.4 Å². The average molecular weight is 160 g/mol. The molecule has 11 heavy (non-hydrogen) atoms. The van der Waals surface area contributed by atoms with Crippen molar-refractivity contribution in [1.29, 1.82) is 0 Å². The number of hydrogen-bond acceptors (Lipinski definition) is 3. The molecule has 2 atom stereocenters. The third kappa shape index (κ3) is 3.18. The second kappa shape index (κ2) is 5.52. The van der Waals surface area contributed by atoms with Crippen LogP contribution >= 0.6 is 0 Å². The summed E-state index contributed by atoms with van der Waals surface area (Å²) in [7, 11) is 2.00. The van der Waals surface area contributed by atoms with Crippen molar-refractivity contribution in [2.24, 2.45) is 5.73 Å². The van der Waals surface area contributed by atoms with Crippen molar-refractivity contribution < 1.29 is 5.11 Å². The first-order valence-corrected chi connectivity index (χ1v) is 4.20. The van der Waals surface area contributed by atoms with Crippen molar-refractivity contribution in [2.75, 3.05) is 20.2 Å². The molecule has 3 N–H and O–H groups in total. The van der Waals surface area contributed by atoms with Crippen LogP contribution in [-0.2, 0) is 0 Å². The third-order valence-electron chi connectivity index (χ3n) is 2.28. The molecule has 0 aromatic rings. The lowest BCUT2D eigenvalue weighted by Crippen LogP contribution is -2.44. The Morgan fingerprint density at radius 2 is 2.09 bits per heavy atom. The first-order chi connectivity index (χ1) is 5.17. The van der Waals surface area contributed by atoms with Crippen molar-refractivity contribution in [3.05, 3.63) is 0 Å². The summed E-state index contributed by atoms with van der Waals surface area (Å²) >= 11 is 0. The molecule has 0 aromatic heterocycles. The smallest absolute Gasteiger partial charge is 0.0584 e. The minimum atomic E-state index is 0.201. The van der Waals surface area contributed by atoms with Gasteiger partial charge in [-0.3, -0.25) is 4.90 Å². The van der Waals surface area contributed by atoms with Gasteiger partial charge in [0, 0.05) is 18.6 Å². The normalized spacial score (nSPS) is 16.9. The van der Waals surface area contributed by atoms with Gasteiger partial charge in [-0.1, -0.05) is 6.92 Å². The maximum Gasteiger partial charge on any atom is 0.0584 e. The fraction of sp³-hybridized carbons (Fsp3) is 1.00. The Kier molecular flexibility index (Phi) is 5.46. The number of hydrogen-bond donors (Lipinski definition) is 2. The molecule has 0 rings (SSSR count). The minimum absolute atomic E-state index is 0.201. The monoisotopic (exact) mass is 160 g/mol. The highest BCUT2D eigenvalue weighted by atomic mass is 16.3. The SMILES string of the molecule is CCC(CN)N(C)C(C)CO. The molecule has 0 saturated carbocycles. The zero-order valence-corrected chi connectivity index (χ0v) is 7.75. The second-order valence-electron chi connectivity index (χ2n) is 2.99. The number of nitrogens with zero attached hydrogens (tertiary/aromatic N) is 1. The van der Waals surface area contributed by atoms with Gasteiger partial charge >= 0.3 is 0 Å². The maximum atomic E-state index is 8.86. The molecular weight excluding hydrogens is 140 g/mol. The minimum Gasteiger partial charge on any atom is -0.395 e. The molecule has 3 heteroatoms. The number of aliphatic hydroxyl groups is 1. The molecule has 2 unspecified atom stereocenters. The summed E-state index contributed by atoms with van der Waals surface area (Å²) in [4.78, 5) is 2.12. The van der Waals surface area contributed by atoms with E-state index < -0.39 is 0 Å². The molecule has 0 aliphatic rings. The van der Waals surface area contributed by atoms with Crippen molar-refractivity contribution in [3.63, 3.8) is 0 Å². The van der Waals surface area contributed by atoms with E-state index in [2.05, 4.69) is 11.8 Å². The molecule has 0 amide bonds. The maximum absolute atomic E-state index is 8.86. The Labute approximate surface area is 69.2 Å². The Balaban J connectivity index is 3.86. The molecular formula is C8H20N2O. The van der Waals surface area contributed by atoms with E-state index in [9.17, 15) is 0 Å². The van der Waals surface area contributed by atoms with E-state index in [0.29, 0.717) is 12.6 Å². The molecule has 0 spiro atoms. The van der Waals surface area contributed by atoms with E-state index in [1.54, 1.807) is 0 Å². The molecule has 0 radical (unpaired) electrons. The van der Waals surface area contributed by atoms with Crippen LogP contribution in [-0.4, -0.2) is 42.3 Å². The molecule has 0 aliphatic carbocycles. The van der Waals surface area contributed by atoms with Crippen LogP contribution < -0.4 is 5.73 Å². The van der Waals surface area contributed by atoms with Gasteiger partial charge in [0.25, 0.3) is 0 Å². The van der Waals surface area contributed by atoms with Crippen LogP contribution in [0.1, 0.15) is 20.3 Å². The van der Waals surface area contributed by atoms with E-state index in [1.165, 1.54) is 0 Å². The topological polar surface area (TPSA) is 49.5 Å². The lowest BCUT2D eigenvalue weighted by Gasteiger charge is -2.30. The van der Waals surface area contributed by atoms with Gasteiger partial charge in [0.05, 0.1) is 6.61 Å². The standard InChI is InChI=1S/C8H20N2O/c1-4-8(5-9)10(3)7(2)6-11/h7-8,11H,4-6,9H2,1-3H3. The largest absolute Gasteiger partial charge is 0.395 e. The summed E-state index contributed by atoms with van der Waals surface area (Å²) in [5.74, 6) is 0. The second-order valence-corrected chi connectivity index (χ2v) is 2.99. The molecule has 0 heterocycles. The quantitative estimate of drug-likeness (QED) is 0.597. The summed E-state index contributed by atoms with van der Waals surface area (Å²) in [6, 6.07) is 0.612. The summed E-state index contributed by atoms with van der Waals surface area (Å²) < 4.78 is 0. The van der Waals surface area contributed by atoms with Gasteiger partial charge in [-0.15, -0.1) is 0 Å². The molecule has 0 bridgehead atoms. The molecule has 0 aliphatic heterocycles. The van der Waals surface area contributed by atoms with E-state index in [-0.39, 0.29) is 12.6 Å². The van der Waals surface area contributed by atoms with Gasteiger partial charge in [-0.2, -0.15) is 0 Å². The zero-order chi connectivity index (χ0) is 8.85. The van der Waals surface area contributed by atoms with Gasteiger partial charge in [0.15, 0.2) is 0 Å². The molecule has 3 nitrogen and oxygen atoms in total. The van der Waals surface area contributed by atoms with Crippen molar-refractivity contribution in [1.82, 2.24) is 4.90 Å². The third-order valence-corrected chi connectivity index (χ3v) is 2.28. The first-order valence-electron chi connectivity index (χ1n) is 4.20. The molecule has 0 fully saturated rings. The van der Waals surface area contributed by atoms with Crippen LogP contribution in [0.3, 0.4) is 0 Å². The summed E-state index contributed by atoms with van der Waals surface area (Å²) in [6.45, 7) is 4.97. The number of likely N-dealkylation sites (N-methyl/N-ethyl adjacent to an activating group) is 1. The summed E-state index contributed by atoms with van der Waals surface area (Å²) in [6.07, 6.45) is 1.04. The number of rotatable bonds is 5. The average Bonchev–Trinajstić information content (AvgIpc) is 2.05. The molecule has 68 valence electrons. The predicted octanol–water partition coefficient (Wildman–Crippen LogP) is 0.0363. The van der Waals surface area contributed by atoms with Gasteiger partial charge in [-0.25, -0.2) is 0 Å². The first kappa shape index (κ1) is 10.9. The van der Waals surface area contributed by atoms with E-state index >= 15 is 0 Å². The van der Waals surface area contributed by atoms with Crippen LogP contribution in [0.25, 0.3) is 0 Å². The van der Waals surface area contributed by atoms with Gasteiger partial charge < -0.3 is 10.8 Å². The van der Waals surface area contributed by atoms with Gasteiger partial charge in [0.2, 0.25) is 0 Å². The van der Waals surface area contributed by atoms with E-state index in [4.69, 9.17) is 10.8 Å². The fourth-order valence-electron chi connectivity index (χ4n) is 1.11. The Hall–Kier alpha value is -0.120. The van der Waals surface area contributed by atoms with Crippen LogP contribution in [0.2, 0.25) is 0 Å². The lowest BCUT2D eigenvalue weighted by molar-refractivity contribution is 0.120. The Morgan fingerprint density at radius 1 is 1.55 bits per heavy atom. The van der Waals surface area contributed by atoms with Crippen molar-refractivity contribution >= 4 is 0 Å².